The highest BCUT2D eigenvalue weighted by Crippen LogP contribution is 2.19. The van der Waals surface area contributed by atoms with Crippen molar-refractivity contribution in [1.29, 1.82) is 0 Å². The van der Waals surface area contributed by atoms with Crippen LogP contribution in [0.5, 0.6) is 0 Å². The number of aromatic nitrogens is 2. The van der Waals surface area contributed by atoms with Crippen molar-refractivity contribution in [2.75, 3.05) is 7.05 Å². The number of carbonyl (C=O) groups excluding carboxylic acids is 2. The number of hydrogen-bond donors (Lipinski definition) is 2. The molecular formula is C12H10N4O2. The lowest BCUT2D eigenvalue weighted by molar-refractivity contribution is -0.121. The van der Waals surface area contributed by atoms with Crippen molar-refractivity contribution in [3.8, 4) is 0 Å². The number of rotatable bonds is 1. The highest BCUT2D eigenvalue weighted by molar-refractivity contribution is 6.14. The fraction of sp³-hybridized carbons (Fsp3) is 0.0833. The van der Waals surface area contributed by atoms with Crippen molar-refractivity contribution >= 4 is 29.0 Å². The molecule has 0 unspecified atom stereocenters. The Morgan fingerprint density at radius 2 is 2.22 bits per heavy atom. The van der Waals surface area contributed by atoms with Crippen LogP contribution in [0, 0.1) is 0 Å². The Labute approximate surface area is 102 Å². The molecule has 1 saturated heterocycles. The second kappa shape index (κ2) is 3.69. The summed E-state index contributed by atoms with van der Waals surface area (Å²) in [6.07, 6.45) is 5.05. The summed E-state index contributed by atoms with van der Waals surface area (Å²) < 4.78 is 0. The van der Waals surface area contributed by atoms with Gasteiger partial charge >= 0.3 is 6.03 Å². The predicted molar refractivity (Wildman–Crippen MR) is 65.4 cm³/mol. The van der Waals surface area contributed by atoms with E-state index in [0.717, 1.165) is 21.5 Å². The summed E-state index contributed by atoms with van der Waals surface area (Å²) in [5.41, 5.74) is 2.68. The summed E-state index contributed by atoms with van der Waals surface area (Å²) >= 11 is 0. The first-order valence-electron chi connectivity index (χ1n) is 5.39. The van der Waals surface area contributed by atoms with Crippen LogP contribution >= 0.6 is 0 Å². The zero-order valence-corrected chi connectivity index (χ0v) is 9.60. The number of pyridine rings is 1. The molecule has 3 heterocycles. The SMILES string of the molecule is CN1C(=O)N/C(=C\c2c[nH]c3cccnc23)C1=O. The molecule has 0 aliphatic carbocycles. The smallest absolute Gasteiger partial charge is 0.328 e. The Bertz CT molecular complexity index is 686. The molecule has 0 atom stereocenters. The quantitative estimate of drug-likeness (QED) is 0.580. The standard InChI is InChI=1S/C12H10N4O2/c1-16-11(17)9(15-12(16)18)5-7-6-14-8-3-2-4-13-10(7)8/h2-6,14H,1H3,(H,15,18)/b9-5-. The Balaban J connectivity index is 2.07. The van der Waals surface area contributed by atoms with Gasteiger partial charge in [-0.15, -0.1) is 0 Å². The first kappa shape index (κ1) is 10.5. The fourth-order valence-corrected chi connectivity index (χ4v) is 1.86. The van der Waals surface area contributed by atoms with Crippen molar-refractivity contribution in [2.45, 2.75) is 0 Å². The molecule has 2 aromatic heterocycles. The summed E-state index contributed by atoms with van der Waals surface area (Å²) in [7, 11) is 1.44. The largest absolute Gasteiger partial charge is 0.359 e. The molecule has 90 valence electrons. The van der Waals surface area contributed by atoms with E-state index in [1.807, 2.05) is 12.1 Å². The van der Waals surface area contributed by atoms with Crippen LogP contribution in [0.2, 0.25) is 0 Å². The molecule has 0 radical (unpaired) electrons. The molecule has 3 amide bonds. The van der Waals surface area contributed by atoms with Gasteiger partial charge in [-0.05, 0) is 18.2 Å². The summed E-state index contributed by atoms with van der Waals surface area (Å²) in [4.78, 5) is 31.4. The van der Waals surface area contributed by atoms with Gasteiger partial charge < -0.3 is 10.3 Å². The average molecular weight is 242 g/mol. The van der Waals surface area contributed by atoms with Gasteiger partial charge in [-0.25, -0.2) is 4.79 Å². The molecule has 6 nitrogen and oxygen atoms in total. The molecule has 0 spiro atoms. The molecule has 1 fully saturated rings. The molecule has 18 heavy (non-hydrogen) atoms. The Hall–Kier alpha value is -2.63. The monoisotopic (exact) mass is 242 g/mol. The minimum absolute atomic E-state index is 0.258. The molecule has 2 N–H and O–H groups in total. The van der Waals surface area contributed by atoms with Crippen LogP contribution in [-0.4, -0.2) is 33.9 Å². The highest BCUT2D eigenvalue weighted by Gasteiger charge is 2.30. The Morgan fingerprint density at radius 3 is 2.94 bits per heavy atom. The number of likely N-dealkylation sites (N-methyl/N-ethyl adjacent to an activating group) is 1. The topological polar surface area (TPSA) is 78.1 Å². The number of carbonyl (C=O) groups is 2. The molecule has 2 aromatic rings. The molecule has 6 heteroatoms. The van der Waals surface area contributed by atoms with E-state index in [2.05, 4.69) is 15.3 Å². The average Bonchev–Trinajstić information content (AvgIpc) is 2.89. The number of nitrogens with one attached hydrogen (secondary N) is 2. The lowest BCUT2D eigenvalue weighted by Crippen LogP contribution is -2.25. The maximum Gasteiger partial charge on any atom is 0.328 e. The molecule has 1 aliphatic heterocycles. The molecule has 3 rings (SSSR count). The van der Waals surface area contributed by atoms with E-state index in [-0.39, 0.29) is 11.6 Å². The van der Waals surface area contributed by atoms with E-state index in [0.29, 0.717) is 0 Å². The van der Waals surface area contributed by atoms with Gasteiger partial charge in [-0.1, -0.05) is 0 Å². The second-order valence-electron chi connectivity index (χ2n) is 4.00. The number of nitrogens with zero attached hydrogens (tertiary/aromatic N) is 2. The number of aromatic amines is 1. The van der Waals surface area contributed by atoms with E-state index < -0.39 is 6.03 Å². The van der Waals surface area contributed by atoms with Crippen LogP contribution in [0.4, 0.5) is 4.79 Å². The van der Waals surface area contributed by atoms with E-state index >= 15 is 0 Å². The maximum absolute atomic E-state index is 11.7. The number of amides is 3. The van der Waals surface area contributed by atoms with Crippen LogP contribution in [0.3, 0.4) is 0 Å². The number of imide groups is 1. The third-order valence-corrected chi connectivity index (χ3v) is 2.85. The summed E-state index contributed by atoms with van der Waals surface area (Å²) in [6.45, 7) is 0. The van der Waals surface area contributed by atoms with E-state index in [4.69, 9.17) is 0 Å². The van der Waals surface area contributed by atoms with Crippen molar-refractivity contribution in [1.82, 2.24) is 20.2 Å². The minimum atomic E-state index is -0.418. The number of H-pyrrole nitrogens is 1. The molecule has 1 aliphatic rings. The highest BCUT2D eigenvalue weighted by atomic mass is 16.2. The zero-order chi connectivity index (χ0) is 12.7. The Kier molecular flexibility index (Phi) is 2.16. The summed E-state index contributed by atoms with van der Waals surface area (Å²) in [5, 5.41) is 2.51. The van der Waals surface area contributed by atoms with Gasteiger partial charge in [0.05, 0.1) is 11.0 Å². The van der Waals surface area contributed by atoms with Gasteiger partial charge in [0.1, 0.15) is 5.70 Å². The third-order valence-electron chi connectivity index (χ3n) is 2.85. The van der Waals surface area contributed by atoms with E-state index in [1.165, 1.54) is 7.05 Å². The molecule has 0 aromatic carbocycles. The molecule has 0 bridgehead atoms. The van der Waals surface area contributed by atoms with Crippen LogP contribution in [-0.2, 0) is 4.79 Å². The van der Waals surface area contributed by atoms with Crippen LogP contribution in [0.1, 0.15) is 5.56 Å². The predicted octanol–water partition coefficient (Wildman–Crippen LogP) is 1.09. The number of hydrogen-bond acceptors (Lipinski definition) is 3. The van der Waals surface area contributed by atoms with Gasteiger partial charge in [-0.2, -0.15) is 0 Å². The lowest BCUT2D eigenvalue weighted by Gasteiger charge is -1.99. The van der Waals surface area contributed by atoms with Gasteiger partial charge in [0, 0.05) is 25.0 Å². The van der Waals surface area contributed by atoms with Crippen molar-refractivity contribution in [3.63, 3.8) is 0 Å². The maximum atomic E-state index is 11.7. The van der Waals surface area contributed by atoms with E-state index in [9.17, 15) is 9.59 Å². The van der Waals surface area contributed by atoms with Gasteiger partial charge in [-0.3, -0.25) is 14.7 Å². The summed E-state index contributed by atoms with van der Waals surface area (Å²) in [5.74, 6) is -0.342. The first-order chi connectivity index (χ1) is 8.66. The lowest BCUT2D eigenvalue weighted by atomic mass is 10.2. The number of fused-ring (bicyclic) bond motifs is 1. The fourth-order valence-electron chi connectivity index (χ4n) is 1.86. The van der Waals surface area contributed by atoms with Crippen LogP contribution in [0.25, 0.3) is 17.1 Å². The first-order valence-corrected chi connectivity index (χ1v) is 5.39. The summed E-state index contributed by atoms with van der Waals surface area (Å²) in [6, 6.07) is 3.30. The van der Waals surface area contributed by atoms with Crippen molar-refractivity contribution < 1.29 is 9.59 Å². The van der Waals surface area contributed by atoms with Gasteiger partial charge in [0.15, 0.2) is 0 Å². The van der Waals surface area contributed by atoms with Crippen molar-refractivity contribution in [3.05, 3.63) is 35.8 Å². The van der Waals surface area contributed by atoms with Crippen molar-refractivity contribution in [2.24, 2.45) is 0 Å². The van der Waals surface area contributed by atoms with Gasteiger partial charge in [0.25, 0.3) is 5.91 Å². The number of urea groups is 1. The van der Waals surface area contributed by atoms with Gasteiger partial charge in [0.2, 0.25) is 0 Å². The second-order valence-corrected chi connectivity index (χ2v) is 4.00. The molecule has 0 saturated carbocycles. The molecular weight excluding hydrogens is 232 g/mol. The Morgan fingerprint density at radius 1 is 1.39 bits per heavy atom. The normalized spacial score (nSPS) is 17.8. The third kappa shape index (κ3) is 1.46. The van der Waals surface area contributed by atoms with E-state index in [1.54, 1.807) is 18.5 Å². The zero-order valence-electron chi connectivity index (χ0n) is 9.60. The van der Waals surface area contributed by atoms with Crippen LogP contribution < -0.4 is 5.32 Å². The minimum Gasteiger partial charge on any atom is -0.359 e. The van der Waals surface area contributed by atoms with Crippen LogP contribution in [0.15, 0.2) is 30.2 Å².